The van der Waals surface area contributed by atoms with Gasteiger partial charge in [-0.1, -0.05) is 29.8 Å². The number of benzene rings is 2. The smallest absolute Gasteiger partial charge is 0.240 e. The lowest BCUT2D eigenvalue weighted by Gasteiger charge is -2.08. The van der Waals surface area contributed by atoms with Crippen molar-refractivity contribution in [2.45, 2.75) is 11.3 Å². The van der Waals surface area contributed by atoms with Crippen LogP contribution in [0.2, 0.25) is 5.02 Å². The van der Waals surface area contributed by atoms with Gasteiger partial charge in [-0.3, -0.25) is 4.79 Å². The lowest BCUT2D eigenvalue weighted by molar-refractivity contribution is -0.120. The maximum absolute atomic E-state index is 12.8. The van der Waals surface area contributed by atoms with Crippen LogP contribution in [0.4, 0.5) is 4.39 Å². The summed E-state index contributed by atoms with van der Waals surface area (Å²) in [5.74, 6) is -0.641. The van der Waals surface area contributed by atoms with E-state index in [2.05, 4.69) is 10.0 Å². The van der Waals surface area contributed by atoms with Gasteiger partial charge in [0.1, 0.15) is 5.82 Å². The van der Waals surface area contributed by atoms with E-state index in [0.717, 1.165) is 0 Å². The summed E-state index contributed by atoms with van der Waals surface area (Å²) >= 11 is 5.77. The second kappa shape index (κ2) is 8.23. The van der Waals surface area contributed by atoms with Gasteiger partial charge in [0.15, 0.2) is 0 Å². The minimum absolute atomic E-state index is 0.0456. The molecule has 0 aliphatic rings. The molecule has 1 amide bonds. The van der Waals surface area contributed by atoms with E-state index in [1.54, 1.807) is 12.1 Å². The monoisotopic (exact) mass is 370 g/mol. The Bertz CT molecular complexity index is 810. The van der Waals surface area contributed by atoms with Crippen LogP contribution in [-0.4, -0.2) is 27.4 Å². The molecule has 0 aliphatic heterocycles. The largest absolute Gasteiger partial charge is 0.355 e. The van der Waals surface area contributed by atoms with Gasteiger partial charge in [-0.15, -0.1) is 0 Å². The topological polar surface area (TPSA) is 75.3 Å². The van der Waals surface area contributed by atoms with E-state index in [9.17, 15) is 17.6 Å². The molecule has 2 rings (SSSR count). The molecule has 5 nitrogen and oxygen atoms in total. The Labute approximate surface area is 144 Å². The Morgan fingerprint density at radius 2 is 1.79 bits per heavy atom. The van der Waals surface area contributed by atoms with Gasteiger partial charge in [0.2, 0.25) is 15.9 Å². The molecule has 2 N–H and O–H groups in total. The lowest BCUT2D eigenvalue weighted by atomic mass is 10.1. The number of amides is 1. The number of rotatable bonds is 7. The molecule has 0 heterocycles. The summed E-state index contributed by atoms with van der Waals surface area (Å²) in [5.41, 5.74) is 0.674. The molecular weight excluding hydrogens is 355 g/mol. The molecule has 0 saturated carbocycles. The number of carbonyl (C=O) groups is 1. The predicted octanol–water partition coefficient (Wildman–Crippen LogP) is 2.12. The highest BCUT2D eigenvalue weighted by Crippen LogP contribution is 2.14. The molecule has 0 spiro atoms. The molecule has 0 radical (unpaired) electrons. The summed E-state index contributed by atoms with van der Waals surface area (Å²) < 4.78 is 39.2. The predicted molar refractivity (Wildman–Crippen MR) is 89.8 cm³/mol. The van der Waals surface area contributed by atoms with Gasteiger partial charge < -0.3 is 5.32 Å². The second-order valence-corrected chi connectivity index (χ2v) is 7.21. The minimum atomic E-state index is -3.67. The van der Waals surface area contributed by atoms with Gasteiger partial charge in [0, 0.05) is 18.1 Å². The zero-order valence-electron chi connectivity index (χ0n) is 12.6. The van der Waals surface area contributed by atoms with Crippen molar-refractivity contribution in [1.82, 2.24) is 10.0 Å². The van der Waals surface area contributed by atoms with Gasteiger partial charge in [0.05, 0.1) is 11.3 Å². The van der Waals surface area contributed by atoms with Crippen LogP contribution < -0.4 is 10.0 Å². The van der Waals surface area contributed by atoms with Gasteiger partial charge in [0.25, 0.3) is 0 Å². The maximum atomic E-state index is 12.8. The van der Waals surface area contributed by atoms with Gasteiger partial charge in [-0.2, -0.15) is 0 Å². The summed E-state index contributed by atoms with van der Waals surface area (Å²) in [4.78, 5) is 11.8. The third-order valence-corrected chi connectivity index (χ3v) is 4.82. The molecule has 2 aromatic rings. The first kappa shape index (κ1) is 18.4. The minimum Gasteiger partial charge on any atom is -0.355 e. The van der Waals surface area contributed by atoms with Crippen LogP contribution in [0.5, 0.6) is 0 Å². The Morgan fingerprint density at radius 3 is 2.46 bits per heavy atom. The van der Waals surface area contributed by atoms with E-state index in [-0.39, 0.29) is 36.1 Å². The fourth-order valence-corrected chi connectivity index (χ4v) is 3.29. The average Bonchev–Trinajstić information content (AvgIpc) is 2.54. The molecule has 0 unspecified atom stereocenters. The van der Waals surface area contributed by atoms with E-state index in [1.807, 2.05) is 0 Å². The molecule has 0 atom stereocenters. The molecule has 2 aromatic carbocycles. The SMILES string of the molecule is O=C(Cc1ccc(F)cc1)NCCNS(=O)(=O)c1cccc(Cl)c1. The van der Waals surface area contributed by atoms with Gasteiger partial charge in [-0.25, -0.2) is 17.5 Å². The van der Waals surface area contributed by atoms with Crippen LogP contribution in [0.15, 0.2) is 53.4 Å². The highest BCUT2D eigenvalue weighted by Gasteiger charge is 2.13. The second-order valence-electron chi connectivity index (χ2n) is 5.01. The Hall–Kier alpha value is -1.96. The van der Waals surface area contributed by atoms with E-state index < -0.39 is 10.0 Å². The van der Waals surface area contributed by atoms with Crippen molar-refractivity contribution >= 4 is 27.5 Å². The molecule has 0 bridgehead atoms. The highest BCUT2D eigenvalue weighted by atomic mass is 35.5. The van der Waals surface area contributed by atoms with Crippen molar-refractivity contribution in [1.29, 1.82) is 0 Å². The number of halogens is 2. The molecular formula is C16H16ClFN2O3S. The number of nitrogens with one attached hydrogen (secondary N) is 2. The fourth-order valence-electron chi connectivity index (χ4n) is 1.95. The number of hydrogen-bond donors (Lipinski definition) is 2. The quantitative estimate of drug-likeness (QED) is 0.733. The molecule has 128 valence electrons. The Balaban J connectivity index is 1.77. The summed E-state index contributed by atoms with van der Waals surface area (Å²) in [5, 5.41) is 2.92. The maximum Gasteiger partial charge on any atom is 0.240 e. The third kappa shape index (κ3) is 5.59. The summed E-state index contributed by atoms with van der Waals surface area (Å²) in [7, 11) is -3.67. The summed E-state index contributed by atoms with van der Waals surface area (Å²) in [6.45, 7) is 0.184. The molecule has 0 aromatic heterocycles. The van der Waals surface area contributed by atoms with Crippen LogP contribution in [0, 0.1) is 5.82 Å². The molecule has 8 heteroatoms. The van der Waals surface area contributed by atoms with E-state index >= 15 is 0 Å². The van der Waals surface area contributed by atoms with Crippen LogP contribution in [0.1, 0.15) is 5.56 Å². The molecule has 24 heavy (non-hydrogen) atoms. The first-order valence-corrected chi connectivity index (χ1v) is 8.99. The van der Waals surface area contributed by atoms with Crippen molar-refractivity contribution in [3.05, 3.63) is 64.9 Å². The van der Waals surface area contributed by atoms with Crippen molar-refractivity contribution in [2.75, 3.05) is 13.1 Å². The van der Waals surface area contributed by atoms with Gasteiger partial charge in [-0.05, 0) is 35.9 Å². The van der Waals surface area contributed by atoms with Gasteiger partial charge >= 0.3 is 0 Å². The summed E-state index contributed by atoms with van der Waals surface area (Å²) in [6, 6.07) is 11.5. The molecule has 0 fully saturated rings. The van der Waals surface area contributed by atoms with Crippen LogP contribution in [0.3, 0.4) is 0 Å². The normalized spacial score (nSPS) is 11.2. The van der Waals surface area contributed by atoms with Crippen molar-refractivity contribution in [3.63, 3.8) is 0 Å². The Kier molecular flexibility index (Phi) is 6.30. The fraction of sp³-hybridized carbons (Fsp3) is 0.188. The zero-order valence-corrected chi connectivity index (χ0v) is 14.2. The van der Waals surface area contributed by atoms with E-state index in [1.165, 1.54) is 36.4 Å². The van der Waals surface area contributed by atoms with Crippen molar-refractivity contribution < 1.29 is 17.6 Å². The highest BCUT2D eigenvalue weighted by molar-refractivity contribution is 7.89. The molecule has 0 aliphatic carbocycles. The zero-order chi connectivity index (χ0) is 17.6. The van der Waals surface area contributed by atoms with Crippen LogP contribution in [0.25, 0.3) is 0 Å². The lowest BCUT2D eigenvalue weighted by Crippen LogP contribution is -2.35. The van der Waals surface area contributed by atoms with E-state index in [0.29, 0.717) is 10.6 Å². The summed E-state index contributed by atoms with van der Waals surface area (Å²) in [6.07, 6.45) is 0.0985. The van der Waals surface area contributed by atoms with Crippen LogP contribution >= 0.6 is 11.6 Å². The Morgan fingerprint density at radius 1 is 1.08 bits per heavy atom. The molecule has 0 saturated heterocycles. The van der Waals surface area contributed by atoms with Crippen LogP contribution in [-0.2, 0) is 21.2 Å². The number of carbonyl (C=O) groups excluding carboxylic acids is 1. The third-order valence-electron chi connectivity index (χ3n) is 3.12. The standard InChI is InChI=1S/C16H16ClFN2O3S/c17-13-2-1-3-15(11-13)24(22,23)20-9-8-19-16(21)10-12-4-6-14(18)7-5-12/h1-7,11,20H,8-10H2,(H,19,21). The van der Waals surface area contributed by atoms with Crippen molar-refractivity contribution in [3.8, 4) is 0 Å². The first-order chi connectivity index (χ1) is 11.4. The first-order valence-electron chi connectivity index (χ1n) is 7.13. The van der Waals surface area contributed by atoms with Crippen molar-refractivity contribution in [2.24, 2.45) is 0 Å². The number of sulfonamides is 1. The number of hydrogen-bond acceptors (Lipinski definition) is 3. The van der Waals surface area contributed by atoms with E-state index in [4.69, 9.17) is 11.6 Å². The average molecular weight is 371 g/mol.